The number of hydrogen-bond acceptors (Lipinski definition) is 5. The minimum atomic E-state index is -0.565. The molecule has 0 heterocycles. The van der Waals surface area contributed by atoms with Crippen LogP contribution in [0.5, 0.6) is 0 Å². The molecule has 0 atom stereocenters. The topological polar surface area (TPSA) is 101 Å². The molecule has 3 aromatic rings. The Bertz CT molecular complexity index is 1140. The molecule has 7 nitrogen and oxygen atoms in total. The summed E-state index contributed by atoms with van der Waals surface area (Å²) in [4.78, 5) is 35.4. The second-order valence-corrected chi connectivity index (χ2v) is 8.21. The van der Waals surface area contributed by atoms with Crippen LogP contribution in [0, 0.1) is 15.9 Å². The number of non-ortho nitro benzene ring substituents is 1. The van der Waals surface area contributed by atoms with Gasteiger partial charge in [0, 0.05) is 32.8 Å². The summed E-state index contributed by atoms with van der Waals surface area (Å²) < 4.78 is 14.4. The van der Waals surface area contributed by atoms with Crippen LogP contribution in [0.2, 0.25) is 0 Å². The number of nitrogens with one attached hydrogen (secondary N) is 2. The molecule has 0 bridgehead atoms. The Balaban J connectivity index is 1.54. The Morgan fingerprint density at radius 2 is 1.77 bits per heavy atom. The van der Waals surface area contributed by atoms with Crippen LogP contribution < -0.4 is 10.6 Å². The van der Waals surface area contributed by atoms with Gasteiger partial charge >= 0.3 is 0 Å². The van der Waals surface area contributed by atoms with Crippen molar-refractivity contribution >= 4 is 56.6 Å². The van der Waals surface area contributed by atoms with E-state index in [1.165, 1.54) is 48.2 Å². The Kier molecular flexibility index (Phi) is 7.37. The van der Waals surface area contributed by atoms with Crippen LogP contribution in [-0.2, 0) is 4.79 Å². The molecule has 0 aliphatic carbocycles. The number of nitro groups is 1. The molecular formula is C21H15BrFN3O4S. The summed E-state index contributed by atoms with van der Waals surface area (Å²) in [5, 5.41) is 16.0. The molecule has 3 rings (SSSR count). The van der Waals surface area contributed by atoms with Gasteiger partial charge in [-0.3, -0.25) is 19.7 Å². The van der Waals surface area contributed by atoms with Crippen molar-refractivity contribution in [1.82, 2.24) is 0 Å². The first-order valence-corrected chi connectivity index (χ1v) is 10.6. The summed E-state index contributed by atoms with van der Waals surface area (Å²) in [5.41, 5.74) is 0.612. The number of carbonyl (C=O) groups excluding carboxylic acids is 2. The highest BCUT2D eigenvalue weighted by molar-refractivity contribution is 9.10. The van der Waals surface area contributed by atoms with Gasteiger partial charge in [0.1, 0.15) is 5.82 Å². The van der Waals surface area contributed by atoms with Crippen LogP contribution in [0.4, 0.5) is 21.5 Å². The van der Waals surface area contributed by atoms with Gasteiger partial charge in [-0.05, 0) is 48.5 Å². The van der Waals surface area contributed by atoms with Gasteiger partial charge < -0.3 is 10.6 Å². The zero-order valence-electron chi connectivity index (χ0n) is 15.8. The fourth-order valence-electron chi connectivity index (χ4n) is 2.52. The molecule has 0 radical (unpaired) electrons. The first kappa shape index (κ1) is 22.4. The van der Waals surface area contributed by atoms with Gasteiger partial charge in [-0.1, -0.05) is 22.0 Å². The van der Waals surface area contributed by atoms with Gasteiger partial charge in [0.05, 0.1) is 16.4 Å². The summed E-state index contributed by atoms with van der Waals surface area (Å²) >= 11 is 4.41. The number of halogens is 2. The van der Waals surface area contributed by atoms with E-state index in [1.54, 1.807) is 30.3 Å². The third kappa shape index (κ3) is 6.37. The smallest absolute Gasteiger partial charge is 0.270 e. The van der Waals surface area contributed by atoms with Gasteiger partial charge in [-0.2, -0.15) is 0 Å². The molecule has 3 aromatic carbocycles. The van der Waals surface area contributed by atoms with E-state index in [0.29, 0.717) is 10.2 Å². The van der Waals surface area contributed by atoms with Gasteiger partial charge in [0.2, 0.25) is 5.91 Å². The normalized spacial score (nSPS) is 10.4. The SMILES string of the molecule is O=C(CSc1ccc(NC(=O)c2cccc([N+](=O)[O-])c2)cc1)Nc1ccc(Br)cc1F. The number of nitro benzene ring substituents is 1. The molecule has 31 heavy (non-hydrogen) atoms. The average Bonchev–Trinajstić information content (AvgIpc) is 2.75. The monoisotopic (exact) mass is 503 g/mol. The molecule has 2 N–H and O–H groups in total. The molecule has 0 fully saturated rings. The van der Waals surface area contributed by atoms with Crippen molar-refractivity contribution in [3.05, 3.63) is 92.7 Å². The minimum Gasteiger partial charge on any atom is -0.323 e. The molecule has 0 aliphatic heterocycles. The zero-order chi connectivity index (χ0) is 22.4. The number of anilines is 2. The predicted molar refractivity (Wildman–Crippen MR) is 121 cm³/mol. The number of rotatable bonds is 7. The second-order valence-electron chi connectivity index (χ2n) is 6.25. The molecule has 0 spiro atoms. The van der Waals surface area contributed by atoms with Crippen LogP contribution in [0.25, 0.3) is 0 Å². The molecule has 0 unspecified atom stereocenters. The van der Waals surface area contributed by atoms with Crippen LogP contribution >= 0.6 is 27.7 Å². The lowest BCUT2D eigenvalue weighted by molar-refractivity contribution is -0.384. The first-order valence-electron chi connectivity index (χ1n) is 8.85. The van der Waals surface area contributed by atoms with E-state index in [-0.39, 0.29) is 28.6 Å². The number of amides is 2. The molecule has 158 valence electrons. The lowest BCUT2D eigenvalue weighted by atomic mass is 10.2. The van der Waals surface area contributed by atoms with Gasteiger partial charge in [0.15, 0.2) is 0 Å². The van der Waals surface area contributed by atoms with E-state index >= 15 is 0 Å². The molecule has 0 aromatic heterocycles. The lowest BCUT2D eigenvalue weighted by Gasteiger charge is -2.08. The highest BCUT2D eigenvalue weighted by atomic mass is 79.9. The van der Waals surface area contributed by atoms with Crippen molar-refractivity contribution < 1.29 is 18.9 Å². The largest absolute Gasteiger partial charge is 0.323 e. The number of benzene rings is 3. The third-order valence-electron chi connectivity index (χ3n) is 4.01. The molecule has 0 saturated heterocycles. The first-order chi connectivity index (χ1) is 14.8. The predicted octanol–water partition coefficient (Wildman–Crippen LogP) is 5.48. The van der Waals surface area contributed by atoms with Gasteiger partial charge in [0.25, 0.3) is 11.6 Å². The van der Waals surface area contributed by atoms with Crippen LogP contribution in [0.3, 0.4) is 0 Å². The molecule has 0 saturated carbocycles. The summed E-state index contributed by atoms with van der Waals surface area (Å²) in [6.45, 7) is 0. The fourth-order valence-corrected chi connectivity index (χ4v) is 3.56. The van der Waals surface area contributed by atoms with Crippen LogP contribution in [0.1, 0.15) is 10.4 Å². The van der Waals surface area contributed by atoms with E-state index in [4.69, 9.17) is 0 Å². The zero-order valence-corrected chi connectivity index (χ0v) is 18.2. The lowest BCUT2D eigenvalue weighted by Crippen LogP contribution is -2.15. The minimum absolute atomic E-state index is 0.0783. The van der Waals surface area contributed by atoms with Crippen molar-refractivity contribution in [2.45, 2.75) is 4.90 Å². The van der Waals surface area contributed by atoms with E-state index < -0.39 is 16.6 Å². The summed E-state index contributed by atoms with van der Waals surface area (Å²) in [6.07, 6.45) is 0. The van der Waals surface area contributed by atoms with E-state index in [0.717, 1.165) is 4.90 Å². The van der Waals surface area contributed by atoms with Crippen molar-refractivity contribution in [3.63, 3.8) is 0 Å². The maximum absolute atomic E-state index is 13.8. The summed E-state index contributed by atoms with van der Waals surface area (Å²) in [7, 11) is 0. The van der Waals surface area contributed by atoms with Crippen molar-refractivity contribution in [2.75, 3.05) is 16.4 Å². The van der Waals surface area contributed by atoms with Crippen molar-refractivity contribution in [1.29, 1.82) is 0 Å². The maximum Gasteiger partial charge on any atom is 0.270 e. The fraction of sp³-hybridized carbons (Fsp3) is 0.0476. The molecule has 2 amide bonds. The molecular weight excluding hydrogens is 489 g/mol. The van der Waals surface area contributed by atoms with Crippen LogP contribution in [0.15, 0.2) is 76.1 Å². The van der Waals surface area contributed by atoms with E-state index in [1.807, 2.05) is 0 Å². The highest BCUT2D eigenvalue weighted by Crippen LogP contribution is 2.23. The Labute approximate surface area is 189 Å². The summed E-state index contributed by atoms with van der Waals surface area (Å²) in [5.74, 6) is -1.28. The number of carbonyl (C=O) groups is 2. The summed E-state index contributed by atoms with van der Waals surface area (Å²) in [6, 6.07) is 16.6. The maximum atomic E-state index is 13.8. The Hall–Kier alpha value is -3.24. The van der Waals surface area contributed by atoms with Crippen molar-refractivity contribution in [3.8, 4) is 0 Å². The molecule has 0 aliphatic rings. The number of thioether (sulfide) groups is 1. The van der Waals surface area contributed by atoms with E-state index in [2.05, 4.69) is 26.6 Å². The Morgan fingerprint density at radius 1 is 1.03 bits per heavy atom. The number of nitrogens with zero attached hydrogens (tertiary/aromatic N) is 1. The standard InChI is InChI=1S/C21H15BrFN3O4S/c22-14-4-9-19(18(23)11-14)25-20(27)12-31-17-7-5-15(6-8-17)24-21(28)13-2-1-3-16(10-13)26(29)30/h1-11H,12H2,(H,24,28)(H,25,27). The Morgan fingerprint density at radius 3 is 2.45 bits per heavy atom. The van der Waals surface area contributed by atoms with Crippen LogP contribution in [-0.4, -0.2) is 22.5 Å². The quantitative estimate of drug-likeness (QED) is 0.252. The average molecular weight is 504 g/mol. The van der Waals surface area contributed by atoms with Gasteiger partial charge in [-0.25, -0.2) is 4.39 Å². The van der Waals surface area contributed by atoms with E-state index in [9.17, 15) is 24.1 Å². The second kappa shape index (κ2) is 10.2. The highest BCUT2D eigenvalue weighted by Gasteiger charge is 2.12. The number of hydrogen-bond donors (Lipinski definition) is 2. The van der Waals surface area contributed by atoms with Gasteiger partial charge in [-0.15, -0.1) is 11.8 Å². The molecule has 10 heteroatoms. The van der Waals surface area contributed by atoms with Crippen molar-refractivity contribution in [2.24, 2.45) is 0 Å². The third-order valence-corrected chi connectivity index (χ3v) is 5.51.